The summed E-state index contributed by atoms with van der Waals surface area (Å²) in [7, 11) is 0. The number of alkyl halides is 3. The van der Waals surface area contributed by atoms with E-state index < -0.39 is 17.6 Å². The molecule has 3 rings (SSSR count). The minimum absolute atomic E-state index is 0.0631. The van der Waals surface area contributed by atoms with Crippen LogP contribution in [-0.4, -0.2) is 11.7 Å². The van der Waals surface area contributed by atoms with Crippen LogP contribution < -0.4 is 10.6 Å². The number of allylic oxidation sites excluding steroid dienone is 2. The lowest BCUT2D eigenvalue weighted by molar-refractivity contribution is -0.137. The molecule has 0 saturated carbocycles. The molecule has 7 heteroatoms. The number of hydrogen-bond donors (Lipinski definition) is 2. The first-order valence-corrected chi connectivity index (χ1v) is 8.33. The first kappa shape index (κ1) is 18.7. The number of halogens is 3. The third-order valence-corrected chi connectivity index (χ3v) is 4.34. The van der Waals surface area contributed by atoms with E-state index in [1.54, 1.807) is 31.2 Å². The minimum atomic E-state index is -4.48. The Morgan fingerprint density at radius 3 is 2.37 bits per heavy atom. The zero-order valence-corrected chi connectivity index (χ0v) is 14.5. The molecule has 4 nitrogen and oxygen atoms in total. The molecule has 0 radical (unpaired) electrons. The zero-order valence-electron chi connectivity index (χ0n) is 14.5. The maximum atomic E-state index is 12.8. The minimum Gasteiger partial charge on any atom is -0.359 e. The van der Waals surface area contributed by atoms with Crippen LogP contribution in [0.5, 0.6) is 0 Å². The second kappa shape index (κ2) is 7.26. The fraction of sp³-hybridized carbons (Fsp3) is 0.200. The first-order valence-electron chi connectivity index (χ1n) is 8.33. The Morgan fingerprint density at radius 1 is 1.00 bits per heavy atom. The number of carbonyl (C=O) groups is 2. The Bertz CT molecular complexity index is 933. The van der Waals surface area contributed by atoms with E-state index in [0.29, 0.717) is 29.7 Å². The predicted octanol–water partition coefficient (Wildman–Crippen LogP) is 5.01. The van der Waals surface area contributed by atoms with E-state index in [9.17, 15) is 22.8 Å². The van der Waals surface area contributed by atoms with E-state index in [1.165, 1.54) is 12.1 Å². The molecule has 0 bridgehead atoms. The topological polar surface area (TPSA) is 58.2 Å². The van der Waals surface area contributed by atoms with Gasteiger partial charge in [0.15, 0.2) is 5.78 Å². The van der Waals surface area contributed by atoms with Crippen LogP contribution >= 0.6 is 0 Å². The molecule has 1 aliphatic rings. The first-order chi connectivity index (χ1) is 12.7. The van der Waals surface area contributed by atoms with E-state index in [2.05, 4.69) is 10.6 Å². The van der Waals surface area contributed by atoms with Crippen molar-refractivity contribution in [2.75, 3.05) is 10.6 Å². The molecule has 0 unspecified atom stereocenters. The van der Waals surface area contributed by atoms with Crippen LogP contribution in [0.1, 0.15) is 35.7 Å². The Morgan fingerprint density at radius 2 is 1.70 bits per heavy atom. The van der Waals surface area contributed by atoms with Crippen LogP contribution in [0.15, 0.2) is 59.8 Å². The van der Waals surface area contributed by atoms with E-state index in [-0.39, 0.29) is 11.5 Å². The van der Waals surface area contributed by atoms with Gasteiger partial charge in [-0.25, -0.2) is 0 Å². The smallest absolute Gasteiger partial charge is 0.359 e. The van der Waals surface area contributed by atoms with Gasteiger partial charge in [-0.1, -0.05) is 12.1 Å². The highest BCUT2D eigenvalue weighted by atomic mass is 19.4. The summed E-state index contributed by atoms with van der Waals surface area (Å²) < 4.78 is 38.4. The molecule has 140 valence electrons. The van der Waals surface area contributed by atoms with E-state index in [1.807, 2.05) is 0 Å². The second-order valence-electron chi connectivity index (χ2n) is 6.27. The molecule has 1 aliphatic carbocycles. The molecule has 2 aromatic rings. The SMILES string of the molecule is CC1=C(Nc2cccc(C(=O)Nc3cccc(C(F)(F)F)c3)c2)CCC1=O. The van der Waals surface area contributed by atoms with Gasteiger partial charge in [-0.05, 0) is 49.7 Å². The molecule has 0 heterocycles. The van der Waals surface area contributed by atoms with Gasteiger partial charge in [0.1, 0.15) is 0 Å². The molecule has 0 aromatic heterocycles. The second-order valence-corrected chi connectivity index (χ2v) is 6.27. The quantitative estimate of drug-likeness (QED) is 0.791. The summed E-state index contributed by atoms with van der Waals surface area (Å²) in [6.07, 6.45) is -3.40. The lowest BCUT2D eigenvalue weighted by Gasteiger charge is -2.12. The summed E-state index contributed by atoms with van der Waals surface area (Å²) in [6, 6.07) is 11.0. The van der Waals surface area contributed by atoms with Gasteiger partial charge in [0.05, 0.1) is 5.56 Å². The van der Waals surface area contributed by atoms with Crippen LogP contribution in [0, 0.1) is 0 Å². The molecule has 0 saturated heterocycles. The number of nitrogens with one attached hydrogen (secondary N) is 2. The third kappa shape index (κ3) is 4.36. The average molecular weight is 374 g/mol. The summed E-state index contributed by atoms with van der Waals surface area (Å²) in [5, 5.41) is 5.61. The van der Waals surface area contributed by atoms with Crippen LogP contribution in [0.2, 0.25) is 0 Å². The maximum Gasteiger partial charge on any atom is 0.416 e. The molecular formula is C20H17F3N2O2. The highest BCUT2D eigenvalue weighted by molar-refractivity contribution is 6.05. The van der Waals surface area contributed by atoms with Gasteiger partial charge in [0, 0.05) is 34.6 Å². The van der Waals surface area contributed by atoms with Crippen molar-refractivity contribution >= 4 is 23.1 Å². The van der Waals surface area contributed by atoms with E-state index >= 15 is 0 Å². The summed E-state index contributed by atoms with van der Waals surface area (Å²) >= 11 is 0. The lowest BCUT2D eigenvalue weighted by Crippen LogP contribution is -2.13. The van der Waals surface area contributed by atoms with E-state index in [4.69, 9.17) is 0 Å². The summed E-state index contributed by atoms with van der Waals surface area (Å²) in [4.78, 5) is 24.0. The Balaban J connectivity index is 1.75. The predicted molar refractivity (Wildman–Crippen MR) is 96.4 cm³/mol. The molecule has 0 fully saturated rings. The highest BCUT2D eigenvalue weighted by Gasteiger charge is 2.30. The molecule has 0 aliphatic heterocycles. The number of ketones is 1. The number of amides is 1. The van der Waals surface area contributed by atoms with Gasteiger partial charge in [-0.2, -0.15) is 13.2 Å². The number of rotatable bonds is 4. The molecule has 27 heavy (non-hydrogen) atoms. The molecule has 2 N–H and O–H groups in total. The van der Waals surface area contributed by atoms with Crippen molar-refractivity contribution in [2.24, 2.45) is 0 Å². The van der Waals surface area contributed by atoms with Crippen LogP contribution in [0.25, 0.3) is 0 Å². The van der Waals surface area contributed by atoms with Gasteiger partial charge in [0.2, 0.25) is 0 Å². The molecule has 0 atom stereocenters. The summed E-state index contributed by atoms with van der Waals surface area (Å²) in [5.41, 5.74) is 1.65. The fourth-order valence-electron chi connectivity index (χ4n) is 2.83. The highest BCUT2D eigenvalue weighted by Crippen LogP contribution is 2.31. The third-order valence-electron chi connectivity index (χ3n) is 4.34. The van der Waals surface area contributed by atoms with Crippen molar-refractivity contribution in [3.63, 3.8) is 0 Å². The molecule has 2 aromatic carbocycles. The monoisotopic (exact) mass is 374 g/mol. The van der Waals surface area contributed by atoms with Crippen molar-refractivity contribution in [2.45, 2.75) is 25.9 Å². The Kier molecular flexibility index (Phi) is 5.03. The Labute approximate surface area is 154 Å². The van der Waals surface area contributed by atoms with Crippen molar-refractivity contribution in [1.82, 2.24) is 0 Å². The largest absolute Gasteiger partial charge is 0.416 e. The molecule has 1 amide bonds. The van der Waals surface area contributed by atoms with Crippen molar-refractivity contribution < 1.29 is 22.8 Å². The number of Topliss-reactive ketones (excluding diaryl/α,β-unsaturated/α-hetero) is 1. The van der Waals surface area contributed by atoms with Crippen LogP contribution in [-0.2, 0) is 11.0 Å². The zero-order chi connectivity index (χ0) is 19.6. The standard InChI is InChI=1S/C20H17F3N2O2/c1-12-17(8-9-18(12)26)24-15-6-2-4-13(10-15)19(27)25-16-7-3-5-14(11-16)20(21,22)23/h2-7,10-11,24H,8-9H2,1H3,(H,25,27). The van der Waals surface area contributed by atoms with Gasteiger partial charge in [-0.3, -0.25) is 9.59 Å². The average Bonchev–Trinajstić information content (AvgIpc) is 2.93. The van der Waals surface area contributed by atoms with Gasteiger partial charge < -0.3 is 10.6 Å². The Hall–Kier alpha value is -3.09. The number of benzene rings is 2. The van der Waals surface area contributed by atoms with Crippen LogP contribution in [0.4, 0.5) is 24.5 Å². The molecule has 0 spiro atoms. The van der Waals surface area contributed by atoms with Crippen molar-refractivity contribution in [1.29, 1.82) is 0 Å². The van der Waals surface area contributed by atoms with Gasteiger partial charge >= 0.3 is 6.18 Å². The summed E-state index contributed by atoms with van der Waals surface area (Å²) in [6.45, 7) is 1.75. The lowest BCUT2D eigenvalue weighted by atomic mass is 10.1. The van der Waals surface area contributed by atoms with Crippen molar-refractivity contribution in [3.8, 4) is 0 Å². The van der Waals surface area contributed by atoms with Gasteiger partial charge in [0.25, 0.3) is 5.91 Å². The van der Waals surface area contributed by atoms with Crippen LogP contribution in [0.3, 0.4) is 0 Å². The maximum absolute atomic E-state index is 12.8. The van der Waals surface area contributed by atoms with Crippen molar-refractivity contribution in [3.05, 3.63) is 70.9 Å². The normalized spacial score (nSPS) is 14.4. The van der Waals surface area contributed by atoms with Gasteiger partial charge in [-0.15, -0.1) is 0 Å². The summed E-state index contributed by atoms with van der Waals surface area (Å²) in [5.74, 6) is -0.429. The number of anilines is 2. The van der Waals surface area contributed by atoms with E-state index in [0.717, 1.165) is 17.8 Å². The number of hydrogen-bond acceptors (Lipinski definition) is 3. The molecular weight excluding hydrogens is 357 g/mol. The number of carbonyl (C=O) groups excluding carboxylic acids is 2. The fourth-order valence-corrected chi connectivity index (χ4v) is 2.83.